The molecular formula is C16H19ClN2O2. The lowest BCUT2D eigenvalue weighted by atomic mass is 10.2. The van der Waals surface area contributed by atoms with Crippen LogP contribution in [0, 0.1) is 6.92 Å². The van der Waals surface area contributed by atoms with Gasteiger partial charge in [0.15, 0.2) is 0 Å². The molecule has 2 rings (SSSR count). The molecule has 1 amide bonds. The second-order valence-corrected chi connectivity index (χ2v) is 5.54. The van der Waals surface area contributed by atoms with Crippen LogP contribution in [0.15, 0.2) is 40.8 Å². The van der Waals surface area contributed by atoms with Gasteiger partial charge in [-0.25, -0.2) is 0 Å². The van der Waals surface area contributed by atoms with Crippen LogP contribution in [0.1, 0.15) is 18.4 Å². The van der Waals surface area contributed by atoms with Gasteiger partial charge in [0.25, 0.3) is 0 Å². The van der Waals surface area contributed by atoms with Gasteiger partial charge in [-0.2, -0.15) is 0 Å². The highest BCUT2D eigenvalue weighted by Crippen LogP contribution is 2.16. The number of likely N-dealkylation sites (N-methyl/N-ethyl adjacent to an activating group) is 1. The standard InChI is InChI=1S/C16H19ClN2O2/c1-11-7-8-15(21-11)10-19(3)12(2)16(20)18-14-6-4-5-13(17)9-14/h4-9,12H,10H2,1-3H3,(H,18,20)/t12-/m0/s1. The number of amides is 1. The Balaban J connectivity index is 1.95. The normalized spacial score (nSPS) is 12.4. The topological polar surface area (TPSA) is 45.5 Å². The van der Waals surface area contributed by atoms with Crippen LogP contribution in [0.4, 0.5) is 5.69 Å². The maximum Gasteiger partial charge on any atom is 0.241 e. The minimum Gasteiger partial charge on any atom is -0.465 e. The van der Waals surface area contributed by atoms with Crippen LogP contribution in [0.5, 0.6) is 0 Å². The minimum absolute atomic E-state index is 0.0805. The molecule has 0 saturated heterocycles. The quantitative estimate of drug-likeness (QED) is 0.916. The van der Waals surface area contributed by atoms with E-state index in [-0.39, 0.29) is 11.9 Å². The number of nitrogens with zero attached hydrogens (tertiary/aromatic N) is 1. The molecule has 0 unspecified atom stereocenters. The van der Waals surface area contributed by atoms with Crippen molar-refractivity contribution in [2.24, 2.45) is 0 Å². The number of carbonyl (C=O) groups is 1. The first-order valence-corrected chi connectivity index (χ1v) is 7.15. The van der Waals surface area contributed by atoms with Crippen LogP contribution < -0.4 is 5.32 Å². The number of hydrogen-bond acceptors (Lipinski definition) is 3. The predicted octanol–water partition coefficient (Wildman–Crippen LogP) is 3.70. The zero-order chi connectivity index (χ0) is 15.4. The summed E-state index contributed by atoms with van der Waals surface area (Å²) in [6.07, 6.45) is 0. The molecule has 0 spiro atoms. The number of halogens is 1. The van der Waals surface area contributed by atoms with Crippen LogP contribution in [-0.2, 0) is 11.3 Å². The Kier molecular flexibility index (Phi) is 5.04. The summed E-state index contributed by atoms with van der Waals surface area (Å²) in [6.45, 7) is 4.34. The third-order valence-electron chi connectivity index (χ3n) is 3.33. The van der Waals surface area contributed by atoms with Gasteiger partial charge in [0, 0.05) is 10.7 Å². The number of furan rings is 1. The van der Waals surface area contributed by atoms with Crippen LogP contribution in [0.25, 0.3) is 0 Å². The van der Waals surface area contributed by atoms with E-state index in [1.807, 2.05) is 44.0 Å². The van der Waals surface area contributed by atoms with Crippen molar-refractivity contribution in [3.63, 3.8) is 0 Å². The molecule has 1 N–H and O–H groups in total. The average Bonchev–Trinajstić information content (AvgIpc) is 2.83. The molecule has 0 aliphatic heterocycles. The molecule has 2 aromatic rings. The summed E-state index contributed by atoms with van der Waals surface area (Å²) in [6, 6.07) is 10.7. The molecule has 1 atom stereocenters. The van der Waals surface area contributed by atoms with Crippen molar-refractivity contribution in [3.8, 4) is 0 Å². The van der Waals surface area contributed by atoms with E-state index < -0.39 is 0 Å². The van der Waals surface area contributed by atoms with Gasteiger partial charge in [-0.3, -0.25) is 9.69 Å². The van der Waals surface area contributed by atoms with Gasteiger partial charge >= 0.3 is 0 Å². The number of nitrogens with one attached hydrogen (secondary N) is 1. The highest BCUT2D eigenvalue weighted by Gasteiger charge is 2.19. The molecule has 0 saturated carbocycles. The maximum atomic E-state index is 12.2. The lowest BCUT2D eigenvalue weighted by molar-refractivity contribution is -0.120. The van der Waals surface area contributed by atoms with Crippen molar-refractivity contribution in [2.45, 2.75) is 26.4 Å². The van der Waals surface area contributed by atoms with E-state index in [0.717, 1.165) is 11.5 Å². The summed E-state index contributed by atoms with van der Waals surface area (Å²) in [4.78, 5) is 14.2. The van der Waals surface area contributed by atoms with Gasteiger partial charge in [0.2, 0.25) is 5.91 Å². The number of rotatable bonds is 5. The molecule has 112 valence electrons. The molecule has 0 fully saturated rings. The summed E-state index contributed by atoms with van der Waals surface area (Å²) in [7, 11) is 1.89. The van der Waals surface area contributed by atoms with Gasteiger partial charge < -0.3 is 9.73 Å². The van der Waals surface area contributed by atoms with Gasteiger partial charge in [0.1, 0.15) is 11.5 Å². The van der Waals surface area contributed by atoms with E-state index in [1.165, 1.54) is 0 Å². The Bertz CT molecular complexity index is 624. The number of aryl methyl sites for hydroxylation is 1. The van der Waals surface area contributed by atoms with Crippen molar-refractivity contribution in [2.75, 3.05) is 12.4 Å². The van der Waals surface area contributed by atoms with E-state index in [4.69, 9.17) is 16.0 Å². The van der Waals surface area contributed by atoms with E-state index in [1.54, 1.807) is 18.2 Å². The molecule has 5 heteroatoms. The van der Waals surface area contributed by atoms with E-state index in [2.05, 4.69) is 5.32 Å². The van der Waals surface area contributed by atoms with E-state index in [0.29, 0.717) is 17.3 Å². The summed E-state index contributed by atoms with van der Waals surface area (Å²) in [5.41, 5.74) is 0.696. The fourth-order valence-electron chi connectivity index (χ4n) is 1.97. The average molecular weight is 307 g/mol. The van der Waals surface area contributed by atoms with Gasteiger partial charge in [-0.15, -0.1) is 0 Å². The number of carbonyl (C=O) groups excluding carboxylic acids is 1. The summed E-state index contributed by atoms with van der Waals surface area (Å²) in [5, 5.41) is 3.46. The Morgan fingerprint density at radius 3 is 2.76 bits per heavy atom. The van der Waals surface area contributed by atoms with E-state index >= 15 is 0 Å². The Morgan fingerprint density at radius 2 is 2.14 bits per heavy atom. The Hall–Kier alpha value is -1.78. The molecule has 0 aliphatic rings. The van der Waals surface area contributed by atoms with Crippen molar-refractivity contribution in [1.82, 2.24) is 4.90 Å². The molecule has 1 heterocycles. The zero-order valence-electron chi connectivity index (χ0n) is 12.4. The van der Waals surface area contributed by atoms with Crippen LogP contribution in [0.3, 0.4) is 0 Å². The van der Waals surface area contributed by atoms with E-state index in [9.17, 15) is 4.79 Å². The van der Waals surface area contributed by atoms with Crippen molar-refractivity contribution in [1.29, 1.82) is 0 Å². The SMILES string of the molecule is Cc1ccc(CN(C)[C@@H](C)C(=O)Nc2cccc(Cl)c2)o1. The monoisotopic (exact) mass is 306 g/mol. The number of hydrogen-bond donors (Lipinski definition) is 1. The highest BCUT2D eigenvalue weighted by molar-refractivity contribution is 6.30. The van der Waals surface area contributed by atoms with Gasteiger partial charge in [0.05, 0.1) is 12.6 Å². The first-order chi connectivity index (χ1) is 9.95. The number of anilines is 1. The lowest BCUT2D eigenvalue weighted by Crippen LogP contribution is -2.39. The summed E-state index contributed by atoms with van der Waals surface area (Å²) in [5.74, 6) is 1.63. The maximum absolute atomic E-state index is 12.2. The fourth-order valence-corrected chi connectivity index (χ4v) is 2.16. The largest absolute Gasteiger partial charge is 0.465 e. The second kappa shape index (κ2) is 6.78. The Labute approximate surface area is 129 Å². The molecule has 1 aromatic heterocycles. The van der Waals surface area contributed by atoms with Gasteiger partial charge in [-0.1, -0.05) is 17.7 Å². The smallest absolute Gasteiger partial charge is 0.241 e. The molecule has 1 aromatic carbocycles. The third kappa shape index (κ3) is 4.34. The highest BCUT2D eigenvalue weighted by atomic mass is 35.5. The van der Waals surface area contributed by atoms with Crippen molar-refractivity contribution >= 4 is 23.2 Å². The van der Waals surface area contributed by atoms with Crippen LogP contribution in [-0.4, -0.2) is 23.9 Å². The predicted molar refractivity (Wildman–Crippen MR) is 84.5 cm³/mol. The summed E-state index contributed by atoms with van der Waals surface area (Å²) < 4.78 is 5.53. The molecule has 0 bridgehead atoms. The van der Waals surface area contributed by atoms with Crippen molar-refractivity contribution < 1.29 is 9.21 Å². The first-order valence-electron chi connectivity index (χ1n) is 6.77. The minimum atomic E-state index is -0.283. The molecule has 4 nitrogen and oxygen atoms in total. The fraction of sp³-hybridized carbons (Fsp3) is 0.312. The lowest BCUT2D eigenvalue weighted by Gasteiger charge is -2.22. The van der Waals surface area contributed by atoms with Gasteiger partial charge in [-0.05, 0) is 51.2 Å². The Morgan fingerprint density at radius 1 is 1.38 bits per heavy atom. The first kappa shape index (κ1) is 15.6. The molecular weight excluding hydrogens is 288 g/mol. The van der Waals surface area contributed by atoms with Crippen molar-refractivity contribution in [3.05, 3.63) is 52.9 Å². The van der Waals surface area contributed by atoms with Crippen LogP contribution in [0.2, 0.25) is 5.02 Å². The number of benzene rings is 1. The summed E-state index contributed by atoms with van der Waals surface area (Å²) >= 11 is 5.91. The molecule has 0 radical (unpaired) electrons. The van der Waals surface area contributed by atoms with Crippen LogP contribution >= 0.6 is 11.6 Å². The second-order valence-electron chi connectivity index (χ2n) is 5.10. The molecule has 0 aliphatic carbocycles. The zero-order valence-corrected chi connectivity index (χ0v) is 13.1. The molecule has 21 heavy (non-hydrogen) atoms. The third-order valence-corrected chi connectivity index (χ3v) is 3.57.